The molecule has 2 aromatic rings. The Morgan fingerprint density at radius 1 is 1.11 bits per heavy atom. The van der Waals surface area contributed by atoms with Crippen LogP contribution in [0.2, 0.25) is 0 Å². The van der Waals surface area contributed by atoms with Crippen molar-refractivity contribution in [1.29, 1.82) is 5.26 Å². The van der Waals surface area contributed by atoms with Gasteiger partial charge in [-0.2, -0.15) is 10.4 Å². The molecule has 0 amide bonds. The molecule has 0 heterocycles. The van der Waals surface area contributed by atoms with Crippen LogP contribution in [0, 0.1) is 11.3 Å². The normalized spacial score (nSPS) is 10.3. The van der Waals surface area contributed by atoms with Crippen molar-refractivity contribution in [3.8, 4) is 17.2 Å². The zero-order chi connectivity index (χ0) is 13.5. The standard InChI is InChI=1S/C15H14N4/c1-17-19-18-11-12-6-8-13(9-7-12)15-5-3-2-4-14(15)10-16/h2-9H,11H2,1H3,(H,17,18). The molecule has 0 radical (unpaired) electrons. The van der Waals surface area contributed by atoms with Crippen LogP contribution >= 0.6 is 0 Å². The highest BCUT2D eigenvalue weighted by atomic mass is 15.4. The van der Waals surface area contributed by atoms with Gasteiger partial charge in [0.1, 0.15) is 0 Å². The van der Waals surface area contributed by atoms with Gasteiger partial charge in [0.15, 0.2) is 0 Å². The number of nitrogens with zero attached hydrogens (tertiary/aromatic N) is 3. The van der Waals surface area contributed by atoms with Crippen molar-refractivity contribution in [2.75, 3.05) is 7.05 Å². The van der Waals surface area contributed by atoms with Crippen LogP contribution in [0.25, 0.3) is 11.1 Å². The van der Waals surface area contributed by atoms with Crippen molar-refractivity contribution >= 4 is 0 Å². The van der Waals surface area contributed by atoms with Gasteiger partial charge in [-0.15, -0.1) is 0 Å². The molecule has 2 aromatic carbocycles. The molecule has 0 saturated heterocycles. The van der Waals surface area contributed by atoms with Crippen molar-refractivity contribution in [2.24, 2.45) is 10.3 Å². The van der Waals surface area contributed by atoms with Crippen molar-refractivity contribution in [1.82, 2.24) is 5.43 Å². The highest BCUT2D eigenvalue weighted by Gasteiger charge is 2.03. The smallest absolute Gasteiger partial charge is 0.0998 e. The van der Waals surface area contributed by atoms with Crippen molar-refractivity contribution < 1.29 is 0 Å². The second-order valence-electron chi connectivity index (χ2n) is 3.99. The lowest BCUT2D eigenvalue weighted by Gasteiger charge is -2.05. The number of rotatable bonds is 4. The Kier molecular flexibility index (Phi) is 4.25. The summed E-state index contributed by atoms with van der Waals surface area (Å²) in [6.07, 6.45) is 0. The first-order valence-corrected chi connectivity index (χ1v) is 5.95. The Labute approximate surface area is 112 Å². The summed E-state index contributed by atoms with van der Waals surface area (Å²) in [6, 6.07) is 17.9. The van der Waals surface area contributed by atoms with E-state index >= 15 is 0 Å². The molecule has 0 fully saturated rings. The fourth-order valence-electron chi connectivity index (χ4n) is 1.83. The maximum absolute atomic E-state index is 9.09. The predicted octanol–water partition coefficient (Wildman–Crippen LogP) is 3.31. The quantitative estimate of drug-likeness (QED) is 0.668. The molecule has 0 atom stereocenters. The van der Waals surface area contributed by atoms with Crippen molar-refractivity contribution in [2.45, 2.75) is 6.54 Å². The number of hydrogen-bond donors (Lipinski definition) is 1. The Bertz CT molecular complexity index is 609. The minimum Gasteiger partial charge on any atom is -0.287 e. The van der Waals surface area contributed by atoms with Gasteiger partial charge in [0.25, 0.3) is 0 Å². The monoisotopic (exact) mass is 250 g/mol. The van der Waals surface area contributed by atoms with Gasteiger partial charge in [-0.3, -0.25) is 5.43 Å². The minimum absolute atomic E-state index is 0.636. The van der Waals surface area contributed by atoms with Gasteiger partial charge >= 0.3 is 0 Å². The Morgan fingerprint density at radius 2 is 1.84 bits per heavy atom. The van der Waals surface area contributed by atoms with Crippen LogP contribution in [0.15, 0.2) is 58.9 Å². The zero-order valence-corrected chi connectivity index (χ0v) is 10.7. The average Bonchev–Trinajstić information content (AvgIpc) is 2.48. The summed E-state index contributed by atoms with van der Waals surface area (Å²) in [6.45, 7) is 0.636. The van der Waals surface area contributed by atoms with Crippen LogP contribution in [-0.4, -0.2) is 7.05 Å². The fraction of sp³-hybridized carbons (Fsp3) is 0.133. The topological polar surface area (TPSA) is 60.5 Å². The molecule has 0 aromatic heterocycles. The number of nitriles is 1. The second kappa shape index (κ2) is 6.31. The van der Waals surface area contributed by atoms with Gasteiger partial charge in [-0.1, -0.05) is 47.7 Å². The lowest BCUT2D eigenvalue weighted by Crippen LogP contribution is -2.03. The zero-order valence-electron chi connectivity index (χ0n) is 10.7. The van der Waals surface area contributed by atoms with E-state index < -0.39 is 0 Å². The van der Waals surface area contributed by atoms with Gasteiger partial charge < -0.3 is 0 Å². The summed E-state index contributed by atoms with van der Waals surface area (Å²) in [5.74, 6) is 0. The molecular formula is C15H14N4. The van der Waals surface area contributed by atoms with E-state index in [2.05, 4.69) is 21.8 Å². The molecular weight excluding hydrogens is 236 g/mol. The van der Waals surface area contributed by atoms with E-state index in [4.69, 9.17) is 5.26 Å². The lowest BCUT2D eigenvalue weighted by molar-refractivity contribution is 0.690. The van der Waals surface area contributed by atoms with E-state index in [0.29, 0.717) is 12.1 Å². The second-order valence-corrected chi connectivity index (χ2v) is 3.99. The summed E-state index contributed by atoms with van der Waals surface area (Å²) >= 11 is 0. The number of benzene rings is 2. The van der Waals surface area contributed by atoms with E-state index in [1.54, 1.807) is 7.05 Å². The van der Waals surface area contributed by atoms with Crippen molar-refractivity contribution in [3.05, 3.63) is 59.7 Å². The number of nitrogens with one attached hydrogen (secondary N) is 1. The van der Waals surface area contributed by atoms with Crippen LogP contribution in [0.5, 0.6) is 0 Å². The average molecular weight is 250 g/mol. The summed E-state index contributed by atoms with van der Waals surface area (Å²) in [5.41, 5.74) is 6.64. The molecule has 0 aliphatic rings. The summed E-state index contributed by atoms with van der Waals surface area (Å²) in [5, 5.41) is 16.4. The fourth-order valence-corrected chi connectivity index (χ4v) is 1.83. The highest BCUT2D eigenvalue weighted by Crippen LogP contribution is 2.23. The van der Waals surface area contributed by atoms with Gasteiger partial charge in [0, 0.05) is 0 Å². The molecule has 19 heavy (non-hydrogen) atoms. The first-order valence-electron chi connectivity index (χ1n) is 5.95. The van der Waals surface area contributed by atoms with E-state index in [1.807, 2.05) is 48.5 Å². The van der Waals surface area contributed by atoms with E-state index in [0.717, 1.165) is 16.7 Å². The van der Waals surface area contributed by atoms with Crippen LogP contribution in [0.4, 0.5) is 0 Å². The highest BCUT2D eigenvalue weighted by molar-refractivity contribution is 5.70. The minimum atomic E-state index is 0.636. The third kappa shape index (κ3) is 3.17. The Balaban J connectivity index is 2.21. The SMILES string of the molecule is CN=NNCc1ccc(-c2ccccc2C#N)cc1. The Morgan fingerprint density at radius 3 is 2.53 bits per heavy atom. The molecule has 4 nitrogen and oxygen atoms in total. The molecule has 0 aliphatic carbocycles. The van der Waals surface area contributed by atoms with Crippen LogP contribution < -0.4 is 5.43 Å². The largest absolute Gasteiger partial charge is 0.287 e. The molecule has 1 N–H and O–H groups in total. The molecule has 0 saturated carbocycles. The first kappa shape index (κ1) is 12.8. The third-order valence-corrected chi connectivity index (χ3v) is 2.77. The number of hydrogen-bond acceptors (Lipinski definition) is 3. The van der Waals surface area contributed by atoms with E-state index in [1.165, 1.54) is 0 Å². The maximum atomic E-state index is 9.09. The van der Waals surface area contributed by atoms with Gasteiger partial charge in [0.2, 0.25) is 0 Å². The van der Waals surface area contributed by atoms with Crippen LogP contribution in [0.3, 0.4) is 0 Å². The maximum Gasteiger partial charge on any atom is 0.0998 e. The van der Waals surface area contributed by atoms with Gasteiger partial charge in [0.05, 0.1) is 25.2 Å². The molecule has 0 bridgehead atoms. The van der Waals surface area contributed by atoms with E-state index in [9.17, 15) is 0 Å². The molecule has 2 rings (SSSR count). The third-order valence-electron chi connectivity index (χ3n) is 2.77. The Hall–Kier alpha value is -2.67. The summed E-state index contributed by atoms with van der Waals surface area (Å²) in [7, 11) is 1.62. The van der Waals surface area contributed by atoms with Crippen molar-refractivity contribution in [3.63, 3.8) is 0 Å². The molecule has 4 heteroatoms. The lowest BCUT2D eigenvalue weighted by atomic mass is 9.99. The molecule has 94 valence electrons. The molecule has 0 aliphatic heterocycles. The molecule has 0 unspecified atom stereocenters. The van der Waals surface area contributed by atoms with Crippen LogP contribution in [-0.2, 0) is 6.54 Å². The van der Waals surface area contributed by atoms with Gasteiger partial charge in [-0.05, 0) is 22.8 Å². The summed E-state index contributed by atoms with van der Waals surface area (Å²) < 4.78 is 0. The summed E-state index contributed by atoms with van der Waals surface area (Å²) in [4.78, 5) is 0. The predicted molar refractivity (Wildman–Crippen MR) is 74.2 cm³/mol. The van der Waals surface area contributed by atoms with Crippen LogP contribution in [0.1, 0.15) is 11.1 Å². The molecule has 0 spiro atoms. The first-order chi connectivity index (χ1) is 9.35. The van der Waals surface area contributed by atoms with Gasteiger partial charge in [-0.25, -0.2) is 0 Å². The van der Waals surface area contributed by atoms with E-state index in [-0.39, 0.29) is 0 Å².